The highest BCUT2D eigenvalue weighted by Gasteiger charge is 2.10. The van der Waals surface area contributed by atoms with E-state index in [0.717, 1.165) is 42.4 Å². The molecule has 0 saturated carbocycles. The van der Waals surface area contributed by atoms with Gasteiger partial charge in [0.1, 0.15) is 11.6 Å². The molecule has 1 aromatic carbocycles. The number of hydrogen-bond acceptors (Lipinski definition) is 3. The summed E-state index contributed by atoms with van der Waals surface area (Å²) in [5, 5.41) is 10.6. The van der Waals surface area contributed by atoms with Gasteiger partial charge in [0.15, 0.2) is 5.96 Å². The Hall–Kier alpha value is -2.37. The fourth-order valence-electron chi connectivity index (χ4n) is 2.79. The summed E-state index contributed by atoms with van der Waals surface area (Å²) in [5.74, 6) is 1.43. The quantitative estimate of drug-likeness (QED) is 0.445. The first-order valence-electron chi connectivity index (χ1n) is 9.15. The number of aliphatic imine (C=N–C) groups is 1. The Labute approximate surface area is 155 Å². The van der Waals surface area contributed by atoms with Gasteiger partial charge in [-0.15, -0.1) is 0 Å². The molecule has 0 aliphatic carbocycles. The van der Waals surface area contributed by atoms with Crippen molar-refractivity contribution in [2.75, 3.05) is 13.1 Å². The van der Waals surface area contributed by atoms with Gasteiger partial charge in [-0.05, 0) is 64.7 Å². The van der Waals surface area contributed by atoms with E-state index in [4.69, 9.17) is 4.52 Å². The van der Waals surface area contributed by atoms with Gasteiger partial charge in [0.25, 0.3) is 0 Å². The number of aromatic nitrogens is 1. The highest BCUT2D eigenvalue weighted by Crippen LogP contribution is 2.16. The molecule has 0 aliphatic heterocycles. The number of hydrogen-bond donors (Lipinski definition) is 2. The lowest BCUT2D eigenvalue weighted by molar-refractivity contribution is 0.392. The lowest BCUT2D eigenvalue weighted by Gasteiger charge is -2.18. The van der Waals surface area contributed by atoms with Gasteiger partial charge >= 0.3 is 0 Å². The summed E-state index contributed by atoms with van der Waals surface area (Å²) in [7, 11) is 0. The fourth-order valence-corrected chi connectivity index (χ4v) is 2.79. The molecule has 26 heavy (non-hydrogen) atoms. The zero-order chi connectivity index (χ0) is 19.1. The Morgan fingerprint density at radius 1 is 1.31 bits per heavy atom. The minimum Gasteiger partial charge on any atom is -0.361 e. The fraction of sp³-hybridized carbons (Fsp3) is 0.500. The van der Waals surface area contributed by atoms with Crippen LogP contribution in [0.25, 0.3) is 0 Å². The number of aryl methyl sites for hydroxylation is 3. The second kappa shape index (κ2) is 9.36. The van der Waals surface area contributed by atoms with Crippen LogP contribution in [0.5, 0.6) is 0 Å². The molecule has 2 rings (SSSR count). The molecule has 5 nitrogen and oxygen atoms in total. The van der Waals surface area contributed by atoms with Crippen molar-refractivity contribution in [3.63, 3.8) is 0 Å². The Bertz CT molecular complexity index is 735. The molecule has 0 saturated heterocycles. The first kappa shape index (κ1) is 19.9. The topological polar surface area (TPSA) is 62.5 Å². The maximum Gasteiger partial charge on any atom is 0.191 e. The van der Waals surface area contributed by atoms with E-state index in [2.05, 4.69) is 20.8 Å². The minimum absolute atomic E-state index is 0.0366. The van der Waals surface area contributed by atoms with Gasteiger partial charge in [0.05, 0.1) is 11.7 Å². The molecule has 0 spiro atoms. The summed E-state index contributed by atoms with van der Waals surface area (Å²) in [6.45, 7) is 11.1. The number of halogens is 1. The average molecular weight is 360 g/mol. The molecular weight excluding hydrogens is 331 g/mol. The normalized spacial score (nSPS) is 12.9. The van der Waals surface area contributed by atoms with Crippen molar-refractivity contribution in [1.29, 1.82) is 0 Å². The van der Waals surface area contributed by atoms with Crippen LogP contribution in [-0.2, 0) is 6.42 Å². The molecule has 0 amide bonds. The molecule has 0 fully saturated rings. The third kappa shape index (κ3) is 5.31. The van der Waals surface area contributed by atoms with Gasteiger partial charge < -0.3 is 15.2 Å². The Balaban J connectivity index is 1.94. The van der Waals surface area contributed by atoms with Crippen LogP contribution in [0.2, 0.25) is 0 Å². The maximum atomic E-state index is 13.8. The van der Waals surface area contributed by atoms with Gasteiger partial charge in [0, 0.05) is 18.7 Å². The molecular formula is C20H29FN4O. The van der Waals surface area contributed by atoms with Crippen molar-refractivity contribution in [2.24, 2.45) is 4.99 Å². The summed E-state index contributed by atoms with van der Waals surface area (Å²) in [5.41, 5.74) is 3.67. The van der Waals surface area contributed by atoms with E-state index in [1.54, 1.807) is 19.1 Å². The molecule has 1 atom stereocenters. The second-order valence-electron chi connectivity index (χ2n) is 6.54. The molecule has 2 aromatic rings. The van der Waals surface area contributed by atoms with Crippen molar-refractivity contribution in [3.05, 3.63) is 52.2 Å². The maximum absolute atomic E-state index is 13.8. The average Bonchev–Trinajstić information content (AvgIpc) is 2.92. The highest BCUT2D eigenvalue weighted by atomic mass is 19.1. The first-order chi connectivity index (χ1) is 12.4. The molecule has 6 heteroatoms. The van der Waals surface area contributed by atoms with Crippen LogP contribution in [0.4, 0.5) is 4.39 Å². The van der Waals surface area contributed by atoms with Crippen molar-refractivity contribution in [2.45, 2.75) is 53.5 Å². The van der Waals surface area contributed by atoms with E-state index in [1.807, 2.05) is 33.8 Å². The predicted octanol–water partition coefficient (Wildman–Crippen LogP) is 3.99. The lowest BCUT2D eigenvalue weighted by Crippen LogP contribution is -2.38. The molecule has 2 N–H and O–H groups in total. The van der Waals surface area contributed by atoms with Crippen LogP contribution in [0.15, 0.2) is 27.7 Å². The number of nitrogens with one attached hydrogen (secondary N) is 2. The molecule has 1 heterocycles. The number of rotatable bonds is 7. The zero-order valence-electron chi connectivity index (χ0n) is 16.3. The van der Waals surface area contributed by atoms with Crippen LogP contribution in [0, 0.1) is 26.6 Å². The Kier molecular flexibility index (Phi) is 7.18. The highest BCUT2D eigenvalue weighted by molar-refractivity contribution is 5.80. The Morgan fingerprint density at radius 2 is 2.08 bits per heavy atom. The molecule has 1 aromatic heterocycles. The van der Waals surface area contributed by atoms with E-state index < -0.39 is 0 Å². The molecule has 1 unspecified atom stereocenters. The molecule has 142 valence electrons. The van der Waals surface area contributed by atoms with Gasteiger partial charge in [-0.2, -0.15) is 0 Å². The van der Waals surface area contributed by atoms with Crippen molar-refractivity contribution in [1.82, 2.24) is 15.8 Å². The summed E-state index contributed by atoms with van der Waals surface area (Å²) in [6, 6.07) is 5.28. The number of guanidine groups is 1. The van der Waals surface area contributed by atoms with E-state index in [-0.39, 0.29) is 11.9 Å². The summed E-state index contributed by atoms with van der Waals surface area (Å²) >= 11 is 0. The van der Waals surface area contributed by atoms with Crippen LogP contribution < -0.4 is 10.6 Å². The Morgan fingerprint density at radius 3 is 2.69 bits per heavy atom. The molecule has 0 bridgehead atoms. The zero-order valence-corrected chi connectivity index (χ0v) is 16.3. The molecule has 0 radical (unpaired) electrons. The monoisotopic (exact) mass is 360 g/mol. The number of nitrogens with zero attached hydrogens (tertiary/aromatic N) is 2. The van der Waals surface area contributed by atoms with E-state index in [9.17, 15) is 4.39 Å². The van der Waals surface area contributed by atoms with Gasteiger partial charge in [-0.3, -0.25) is 4.99 Å². The van der Waals surface area contributed by atoms with Crippen LogP contribution in [-0.4, -0.2) is 24.2 Å². The van der Waals surface area contributed by atoms with Gasteiger partial charge in [-0.1, -0.05) is 17.3 Å². The lowest BCUT2D eigenvalue weighted by atomic mass is 10.1. The van der Waals surface area contributed by atoms with Crippen LogP contribution >= 0.6 is 0 Å². The van der Waals surface area contributed by atoms with E-state index in [1.165, 1.54) is 5.56 Å². The smallest absolute Gasteiger partial charge is 0.191 e. The third-order valence-corrected chi connectivity index (χ3v) is 4.43. The van der Waals surface area contributed by atoms with Crippen LogP contribution in [0.3, 0.4) is 0 Å². The predicted molar refractivity (Wildman–Crippen MR) is 103 cm³/mol. The van der Waals surface area contributed by atoms with Crippen molar-refractivity contribution in [3.8, 4) is 0 Å². The number of benzene rings is 1. The van der Waals surface area contributed by atoms with E-state index in [0.29, 0.717) is 12.1 Å². The van der Waals surface area contributed by atoms with Gasteiger partial charge in [-0.25, -0.2) is 4.39 Å². The molecule has 0 aliphatic rings. The SMILES string of the molecule is CCNC(=NCCCc1c(C)noc1C)NC(C)c1ccc(C)c(F)c1. The largest absolute Gasteiger partial charge is 0.361 e. The second-order valence-corrected chi connectivity index (χ2v) is 6.54. The first-order valence-corrected chi connectivity index (χ1v) is 9.15. The minimum atomic E-state index is -0.183. The third-order valence-electron chi connectivity index (χ3n) is 4.43. The van der Waals surface area contributed by atoms with E-state index >= 15 is 0 Å². The van der Waals surface area contributed by atoms with Crippen molar-refractivity contribution >= 4 is 5.96 Å². The van der Waals surface area contributed by atoms with Crippen LogP contribution in [0.1, 0.15) is 54.5 Å². The van der Waals surface area contributed by atoms with Gasteiger partial charge in [0.2, 0.25) is 0 Å². The standard InChI is InChI=1S/C20H29FN4O/c1-6-22-20(23-11-7-8-18-15(4)25-26-16(18)5)24-14(3)17-10-9-13(2)19(21)12-17/h9-10,12,14H,6-8,11H2,1-5H3,(H2,22,23,24). The summed E-state index contributed by atoms with van der Waals surface area (Å²) in [6.07, 6.45) is 1.80. The van der Waals surface area contributed by atoms with Crippen molar-refractivity contribution < 1.29 is 8.91 Å². The summed E-state index contributed by atoms with van der Waals surface area (Å²) in [4.78, 5) is 4.63. The summed E-state index contributed by atoms with van der Waals surface area (Å²) < 4.78 is 19.0.